The van der Waals surface area contributed by atoms with Crippen LogP contribution in [0, 0.1) is 6.92 Å². The number of likely N-dealkylation sites (tertiary alicyclic amines) is 1. The lowest BCUT2D eigenvalue weighted by Crippen LogP contribution is -2.38. The zero-order valence-corrected chi connectivity index (χ0v) is 15.9. The van der Waals surface area contributed by atoms with Gasteiger partial charge in [0, 0.05) is 38.5 Å². The first kappa shape index (κ1) is 16.9. The van der Waals surface area contributed by atoms with E-state index in [1.165, 1.54) is 11.3 Å². The van der Waals surface area contributed by atoms with Crippen LogP contribution in [0.25, 0.3) is 5.65 Å². The Morgan fingerprint density at radius 1 is 1.23 bits per heavy atom. The van der Waals surface area contributed by atoms with Crippen LogP contribution in [0.15, 0.2) is 17.5 Å². The Bertz CT molecular complexity index is 940. The number of hydrogen-bond donors (Lipinski definition) is 0. The Hall–Kier alpha value is -2.55. The van der Waals surface area contributed by atoms with Crippen LogP contribution in [0.3, 0.4) is 0 Å². The molecule has 136 valence electrons. The summed E-state index contributed by atoms with van der Waals surface area (Å²) in [6, 6.07) is 3.87. The molecule has 3 aromatic rings. The molecule has 1 amide bonds. The number of nitrogens with zero attached hydrogens (tertiary/aromatic N) is 7. The average molecular weight is 371 g/mol. The van der Waals surface area contributed by atoms with Gasteiger partial charge in [0.2, 0.25) is 0 Å². The van der Waals surface area contributed by atoms with Crippen LogP contribution in [0.5, 0.6) is 0 Å². The van der Waals surface area contributed by atoms with Gasteiger partial charge in [-0.25, -0.2) is 4.98 Å². The third-order valence-electron chi connectivity index (χ3n) is 4.72. The molecule has 0 spiro atoms. The van der Waals surface area contributed by atoms with E-state index in [0.29, 0.717) is 18.8 Å². The van der Waals surface area contributed by atoms with E-state index < -0.39 is 0 Å². The van der Waals surface area contributed by atoms with Crippen molar-refractivity contribution in [2.45, 2.75) is 25.7 Å². The van der Waals surface area contributed by atoms with Crippen LogP contribution in [0.1, 0.15) is 40.1 Å². The summed E-state index contributed by atoms with van der Waals surface area (Å²) in [5, 5.41) is 16.0. The number of hydrogen-bond acceptors (Lipinski definition) is 7. The fraction of sp³-hybridized carbons (Fsp3) is 0.471. The number of carbonyl (C=O) groups is 1. The van der Waals surface area contributed by atoms with E-state index in [-0.39, 0.29) is 11.8 Å². The summed E-state index contributed by atoms with van der Waals surface area (Å²) < 4.78 is 1.83. The molecule has 8 nitrogen and oxygen atoms in total. The first-order chi connectivity index (χ1) is 12.5. The number of thiazole rings is 1. The lowest BCUT2D eigenvalue weighted by Gasteiger charge is -2.30. The maximum Gasteiger partial charge on any atom is 0.273 e. The summed E-state index contributed by atoms with van der Waals surface area (Å²) in [5.74, 6) is 2.01. The first-order valence-electron chi connectivity index (χ1n) is 8.64. The average Bonchev–Trinajstić information content (AvgIpc) is 3.27. The van der Waals surface area contributed by atoms with E-state index in [2.05, 4.69) is 20.3 Å². The highest BCUT2D eigenvalue weighted by atomic mass is 32.1. The molecule has 1 aliphatic heterocycles. The normalized spacial score (nSPS) is 15.6. The Labute approximate surface area is 155 Å². The molecule has 0 unspecified atom stereocenters. The van der Waals surface area contributed by atoms with E-state index in [0.717, 1.165) is 35.1 Å². The van der Waals surface area contributed by atoms with Crippen LogP contribution in [-0.4, -0.2) is 62.8 Å². The second-order valence-electron chi connectivity index (χ2n) is 6.73. The maximum atomic E-state index is 12.6. The number of piperidine rings is 1. The zero-order chi connectivity index (χ0) is 18.3. The van der Waals surface area contributed by atoms with Gasteiger partial charge < -0.3 is 9.80 Å². The van der Waals surface area contributed by atoms with Crippen molar-refractivity contribution in [1.82, 2.24) is 29.7 Å². The Kier molecular flexibility index (Phi) is 4.31. The van der Waals surface area contributed by atoms with E-state index in [4.69, 9.17) is 0 Å². The highest BCUT2D eigenvalue weighted by Crippen LogP contribution is 2.28. The fourth-order valence-corrected chi connectivity index (χ4v) is 3.84. The molecule has 0 saturated carbocycles. The molecule has 0 aromatic carbocycles. The van der Waals surface area contributed by atoms with E-state index in [1.807, 2.05) is 52.8 Å². The molecule has 0 bridgehead atoms. The lowest BCUT2D eigenvalue weighted by molar-refractivity contribution is 0.0705. The number of carbonyl (C=O) groups excluding carboxylic acids is 1. The number of fused-ring (bicyclic) bond motifs is 1. The predicted molar refractivity (Wildman–Crippen MR) is 99.8 cm³/mol. The van der Waals surface area contributed by atoms with Crippen molar-refractivity contribution >= 4 is 28.7 Å². The van der Waals surface area contributed by atoms with Crippen LogP contribution in [0.2, 0.25) is 0 Å². The molecule has 1 saturated heterocycles. The third-order valence-corrected chi connectivity index (χ3v) is 5.49. The van der Waals surface area contributed by atoms with Gasteiger partial charge in [-0.2, -0.15) is 4.52 Å². The lowest BCUT2D eigenvalue weighted by atomic mass is 9.96. The molecule has 9 heteroatoms. The van der Waals surface area contributed by atoms with Gasteiger partial charge in [-0.3, -0.25) is 4.79 Å². The van der Waals surface area contributed by atoms with Crippen molar-refractivity contribution in [3.63, 3.8) is 0 Å². The Morgan fingerprint density at radius 3 is 2.65 bits per heavy atom. The molecular formula is C17H21N7OS. The molecule has 0 N–H and O–H groups in total. The van der Waals surface area contributed by atoms with E-state index >= 15 is 0 Å². The molecule has 4 heterocycles. The van der Waals surface area contributed by atoms with Crippen molar-refractivity contribution in [3.8, 4) is 0 Å². The maximum absolute atomic E-state index is 12.6. The quantitative estimate of drug-likeness (QED) is 0.700. The van der Waals surface area contributed by atoms with E-state index in [1.54, 1.807) is 0 Å². The number of rotatable bonds is 3. The predicted octanol–water partition coefficient (Wildman–Crippen LogP) is 1.98. The molecule has 26 heavy (non-hydrogen) atoms. The summed E-state index contributed by atoms with van der Waals surface area (Å²) in [5.41, 5.74) is 1.30. The zero-order valence-electron chi connectivity index (χ0n) is 15.1. The molecule has 3 aromatic heterocycles. The first-order valence-corrected chi connectivity index (χ1v) is 9.52. The van der Waals surface area contributed by atoms with Gasteiger partial charge in [0.1, 0.15) is 11.5 Å². The van der Waals surface area contributed by atoms with Crippen LogP contribution < -0.4 is 4.90 Å². The minimum atomic E-state index is 0.0203. The molecular weight excluding hydrogens is 350 g/mol. The van der Waals surface area contributed by atoms with Gasteiger partial charge in [0.25, 0.3) is 5.91 Å². The van der Waals surface area contributed by atoms with E-state index in [9.17, 15) is 4.79 Å². The minimum Gasteiger partial charge on any atom is -0.361 e. The summed E-state index contributed by atoms with van der Waals surface area (Å²) in [6.45, 7) is 3.31. The minimum absolute atomic E-state index is 0.0203. The van der Waals surface area contributed by atoms with Gasteiger partial charge in [-0.05, 0) is 31.9 Å². The molecule has 4 rings (SSSR count). The smallest absolute Gasteiger partial charge is 0.273 e. The van der Waals surface area contributed by atoms with Gasteiger partial charge in [-0.1, -0.05) is 0 Å². The SMILES string of the molecule is Cc1nc(C(=O)N2CCC(c3nnc4ccc(N(C)C)nn34)CC2)cs1. The van der Waals surface area contributed by atoms with Gasteiger partial charge in [0.05, 0.1) is 5.01 Å². The van der Waals surface area contributed by atoms with Crippen molar-refractivity contribution in [1.29, 1.82) is 0 Å². The highest BCUT2D eigenvalue weighted by molar-refractivity contribution is 7.09. The van der Waals surface area contributed by atoms with Crippen molar-refractivity contribution < 1.29 is 4.79 Å². The second kappa shape index (κ2) is 6.64. The summed E-state index contributed by atoms with van der Waals surface area (Å²) >= 11 is 1.51. The van der Waals surface area contributed by atoms with Crippen molar-refractivity contribution in [2.24, 2.45) is 0 Å². The number of amides is 1. The van der Waals surface area contributed by atoms with Crippen molar-refractivity contribution in [2.75, 3.05) is 32.1 Å². The number of aryl methyl sites for hydroxylation is 1. The van der Waals surface area contributed by atoms with Crippen LogP contribution >= 0.6 is 11.3 Å². The highest BCUT2D eigenvalue weighted by Gasteiger charge is 2.28. The third kappa shape index (κ3) is 3.03. The summed E-state index contributed by atoms with van der Waals surface area (Å²) in [7, 11) is 3.92. The molecule has 0 aliphatic carbocycles. The monoisotopic (exact) mass is 371 g/mol. The molecule has 1 fully saturated rings. The van der Waals surface area contributed by atoms with Crippen LogP contribution in [0.4, 0.5) is 5.82 Å². The Balaban J connectivity index is 1.50. The second-order valence-corrected chi connectivity index (χ2v) is 7.79. The Morgan fingerprint density at radius 2 is 2.00 bits per heavy atom. The topological polar surface area (TPSA) is 79.5 Å². The fourth-order valence-electron chi connectivity index (χ4n) is 3.25. The molecule has 1 aliphatic rings. The summed E-state index contributed by atoms with van der Waals surface area (Å²) in [6.07, 6.45) is 1.70. The van der Waals surface area contributed by atoms with Gasteiger partial charge in [0.15, 0.2) is 11.5 Å². The largest absolute Gasteiger partial charge is 0.361 e. The molecule has 0 radical (unpaired) electrons. The summed E-state index contributed by atoms with van der Waals surface area (Å²) in [4.78, 5) is 20.7. The van der Waals surface area contributed by atoms with Gasteiger partial charge >= 0.3 is 0 Å². The van der Waals surface area contributed by atoms with Crippen molar-refractivity contribution in [3.05, 3.63) is 34.0 Å². The van der Waals surface area contributed by atoms with Crippen LogP contribution in [-0.2, 0) is 0 Å². The van der Waals surface area contributed by atoms with Gasteiger partial charge in [-0.15, -0.1) is 26.6 Å². The standard InChI is InChI=1S/C17H21N7OS/c1-11-18-13(10-26-11)17(25)23-8-6-12(7-9-23)16-20-19-14-4-5-15(22(2)3)21-24(14)16/h4-5,10,12H,6-9H2,1-3H3. The number of anilines is 1. The molecule has 0 atom stereocenters. The number of aromatic nitrogens is 5.